The van der Waals surface area contributed by atoms with Crippen molar-refractivity contribution >= 4 is 49.7 Å². The summed E-state index contributed by atoms with van der Waals surface area (Å²) in [5.41, 5.74) is 4.62. The van der Waals surface area contributed by atoms with Crippen molar-refractivity contribution in [2.24, 2.45) is 4.99 Å². The molecule has 0 amide bonds. The summed E-state index contributed by atoms with van der Waals surface area (Å²) in [5.74, 6) is 0. The van der Waals surface area contributed by atoms with Crippen LogP contribution in [-0.2, 0) is 0 Å². The fourth-order valence-corrected chi connectivity index (χ4v) is 4.74. The molecule has 0 unspecified atom stereocenters. The van der Waals surface area contributed by atoms with Gasteiger partial charge < -0.3 is 15.1 Å². The number of thiophene rings is 1. The van der Waals surface area contributed by atoms with Crippen LogP contribution < -0.4 is 10.2 Å². The van der Waals surface area contributed by atoms with Crippen LogP contribution in [0.1, 0.15) is 5.56 Å². The molecular formula is C20H20N4S. The molecule has 1 saturated heterocycles. The van der Waals surface area contributed by atoms with E-state index >= 15 is 0 Å². The molecule has 0 aliphatic carbocycles. The van der Waals surface area contributed by atoms with Gasteiger partial charge in [0.05, 0.1) is 11.4 Å². The van der Waals surface area contributed by atoms with Gasteiger partial charge in [0.25, 0.3) is 0 Å². The minimum atomic E-state index is 0.996. The van der Waals surface area contributed by atoms with Crippen LogP contribution in [0.2, 0.25) is 0 Å². The van der Waals surface area contributed by atoms with Gasteiger partial charge in [-0.1, -0.05) is 18.2 Å². The fourth-order valence-electron chi connectivity index (χ4n) is 3.63. The first-order valence-electron chi connectivity index (χ1n) is 8.69. The van der Waals surface area contributed by atoms with E-state index in [4.69, 9.17) is 4.99 Å². The summed E-state index contributed by atoms with van der Waals surface area (Å²) in [4.78, 5) is 9.65. The standard InChI is InChI=1S/C20H20N4S/c1-23-9-11-24(12-10-23)17-7-4-8-18-19(17)14-13-21-15-5-2-3-6-16(15)22-20(14)25-18/h2-8,13,22H,9-12H2,1H3. The molecule has 0 bridgehead atoms. The summed E-state index contributed by atoms with van der Waals surface area (Å²) in [6, 6.07) is 14.9. The minimum Gasteiger partial charge on any atom is -0.368 e. The molecule has 0 saturated carbocycles. The Hall–Kier alpha value is -2.37. The fraction of sp³-hybridized carbons (Fsp3) is 0.250. The summed E-state index contributed by atoms with van der Waals surface area (Å²) in [5, 5.41) is 6.11. The Labute approximate surface area is 151 Å². The average molecular weight is 348 g/mol. The normalized spacial score (nSPS) is 17.1. The Kier molecular flexibility index (Phi) is 3.50. The molecule has 2 aliphatic heterocycles. The molecule has 5 heteroatoms. The van der Waals surface area contributed by atoms with E-state index in [2.05, 4.69) is 58.6 Å². The highest BCUT2D eigenvalue weighted by Crippen LogP contribution is 2.44. The summed E-state index contributed by atoms with van der Waals surface area (Å²) in [6.45, 7) is 4.37. The minimum absolute atomic E-state index is 0.996. The van der Waals surface area contributed by atoms with Crippen molar-refractivity contribution in [3.8, 4) is 0 Å². The van der Waals surface area contributed by atoms with Crippen molar-refractivity contribution in [2.75, 3.05) is 43.4 Å². The molecule has 3 heterocycles. The summed E-state index contributed by atoms with van der Waals surface area (Å²) in [7, 11) is 2.20. The highest BCUT2D eigenvalue weighted by molar-refractivity contribution is 7.23. The van der Waals surface area contributed by atoms with Crippen LogP contribution in [0.15, 0.2) is 47.5 Å². The third kappa shape index (κ3) is 2.51. The van der Waals surface area contributed by atoms with Crippen LogP contribution in [0, 0.1) is 0 Å². The smallest absolute Gasteiger partial charge is 0.103 e. The predicted octanol–water partition coefficient (Wildman–Crippen LogP) is 4.46. The lowest BCUT2D eigenvalue weighted by Crippen LogP contribution is -2.44. The zero-order valence-electron chi connectivity index (χ0n) is 14.2. The van der Waals surface area contributed by atoms with Crippen molar-refractivity contribution in [1.82, 2.24) is 4.90 Å². The number of likely N-dealkylation sites (N-methyl/N-ethyl adjacent to an activating group) is 1. The third-order valence-corrected chi connectivity index (χ3v) is 6.15. The Bertz CT molecular complexity index is 967. The number of nitrogens with one attached hydrogen (secondary N) is 1. The molecule has 1 aromatic heterocycles. The highest BCUT2D eigenvalue weighted by atomic mass is 32.1. The molecule has 0 radical (unpaired) electrons. The maximum absolute atomic E-state index is 4.74. The molecule has 0 spiro atoms. The van der Waals surface area contributed by atoms with E-state index < -0.39 is 0 Å². The van der Waals surface area contributed by atoms with E-state index in [0.29, 0.717) is 0 Å². The van der Waals surface area contributed by atoms with Crippen LogP contribution in [0.5, 0.6) is 0 Å². The quantitative estimate of drug-likeness (QED) is 0.551. The number of hydrogen-bond acceptors (Lipinski definition) is 5. The SMILES string of the molecule is CN1CCN(c2cccc3sc4c(c23)C=Nc2ccccc2N4)CC1. The molecule has 5 rings (SSSR count). The molecule has 126 valence electrons. The second-order valence-electron chi connectivity index (χ2n) is 6.69. The van der Waals surface area contributed by atoms with Gasteiger partial charge in [0.15, 0.2) is 0 Å². The number of anilines is 3. The molecule has 1 fully saturated rings. The average Bonchev–Trinajstić information content (AvgIpc) is 2.88. The van der Waals surface area contributed by atoms with Crippen molar-refractivity contribution in [3.05, 3.63) is 48.0 Å². The number of rotatable bonds is 1. The molecular weight excluding hydrogens is 328 g/mol. The summed E-state index contributed by atoms with van der Waals surface area (Å²) < 4.78 is 1.32. The molecule has 25 heavy (non-hydrogen) atoms. The lowest BCUT2D eigenvalue weighted by atomic mass is 10.1. The van der Waals surface area contributed by atoms with Gasteiger partial charge in [0, 0.05) is 53.7 Å². The molecule has 2 aromatic carbocycles. The van der Waals surface area contributed by atoms with Gasteiger partial charge in [0.2, 0.25) is 0 Å². The first-order chi connectivity index (χ1) is 12.3. The van der Waals surface area contributed by atoms with E-state index in [1.165, 1.54) is 26.3 Å². The first kappa shape index (κ1) is 14.9. The van der Waals surface area contributed by atoms with Crippen molar-refractivity contribution < 1.29 is 0 Å². The zero-order chi connectivity index (χ0) is 16.8. The second kappa shape index (κ2) is 5.86. The van der Waals surface area contributed by atoms with Crippen LogP contribution in [0.25, 0.3) is 10.1 Å². The van der Waals surface area contributed by atoms with E-state index in [-0.39, 0.29) is 0 Å². The Balaban J connectivity index is 1.65. The number of piperazine rings is 1. The van der Waals surface area contributed by atoms with Crippen LogP contribution in [0.4, 0.5) is 22.1 Å². The monoisotopic (exact) mass is 348 g/mol. The van der Waals surface area contributed by atoms with Gasteiger partial charge in [-0.05, 0) is 31.3 Å². The maximum atomic E-state index is 4.74. The largest absolute Gasteiger partial charge is 0.368 e. The molecule has 2 aliphatic rings. The van der Waals surface area contributed by atoms with Gasteiger partial charge in [-0.25, -0.2) is 0 Å². The summed E-state index contributed by atoms with van der Waals surface area (Å²) in [6.07, 6.45) is 2.03. The maximum Gasteiger partial charge on any atom is 0.103 e. The topological polar surface area (TPSA) is 30.9 Å². The third-order valence-electron chi connectivity index (χ3n) is 5.06. The zero-order valence-corrected chi connectivity index (χ0v) is 15.0. The Morgan fingerprint density at radius 2 is 1.84 bits per heavy atom. The molecule has 3 aromatic rings. The number of aliphatic imine (C=N–C) groups is 1. The molecule has 0 atom stereocenters. The number of fused-ring (bicyclic) bond motifs is 4. The number of benzene rings is 2. The number of hydrogen-bond donors (Lipinski definition) is 1. The van der Waals surface area contributed by atoms with Crippen LogP contribution >= 0.6 is 11.3 Å². The molecule has 4 nitrogen and oxygen atoms in total. The van der Waals surface area contributed by atoms with E-state index in [0.717, 1.165) is 37.6 Å². The lowest BCUT2D eigenvalue weighted by molar-refractivity contribution is 0.313. The van der Waals surface area contributed by atoms with E-state index in [9.17, 15) is 0 Å². The van der Waals surface area contributed by atoms with Crippen LogP contribution in [-0.4, -0.2) is 44.3 Å². The second-order valence-corrected chi connectivity index (χ2v) is 7.74. The number of para-hydroxylation sites is 2. The lowest BCUT2D eigenvalue weighted by Gasteiger charge is -2.34. The van der Waals surface area contributed by atoms with Crippen LogP contribution in [0.3, 0.4) is 0 Å². The van der Waals surface area contributed by atoms with Crippen molar-refractivity contribution in [2.45, 2.75) is 0 Å². The predicted molar refractivity (Wildman–Crippen MR) is 109 cm³/mol. The number of nitrogens with zero attached hydrogens (tertiary/aromatic N) is 3. The summed E-state index contributed by atoms with van der Waals surface area (Å²) >= 11 is 1.82. The molecule has 1 N–H and O–H groups in total. The van der Waals surface area contributed by atoms with Gasteiger partial charge in [-0.3, -0.25) is 4.99 Å². The van der Waals surface area contributed by atoms with Gasteiger partial charge in [-0.2, -0.15) is 0 Å². The van der Waals surface area contributed by atoms with E-state index in [1.807, 2.05) is 23.6 Å². The van der Waals surface area contributed by atoms with Crippen molar-refractivity contribution in [3.63, 3.8) is 0 Å². The van der Waals surface area contributed by atoms with Gasteiger partial charge in [-0.15, -0.1) is 11.3 Å². The van der Waals surface area contributed by atoms with E-state index in [1.54, 1.807) is 0 Å². The Morgan fingerprint density at radius 1 is 1.00 bits per heavy atom. The van der Waals surface area contributed by atoms with Crippen molar-refractivity contribution in [1.29, 1.82) is 0 Å². The van der Waals surface area contributed by atoms with Gasteiger partial charge in [0.1, 0.15) is 5.00 Å². The Morgan fingerprint density at radius 3 is 2.72 bits per heavy atom. The highest BCUT2D eigenvalue weighted by Gasteiger charge is 2.21. The first-order valence-corrected chi connectivity index (χ1v) is 9.50. The van der Waals surface area contributed by atoms with Gasteiger partial charge >= 0.3 is 0 Å².